The van der Waals surface area contributed by atoms with Crippen LogP contribution in [-0.2, 0) is 9.59 Å². The summed E-state index contributed by atoms with van der Waals surface area (Å²) in [6.45, 7) is 1.21. The van der Waals surface area contributed by atoms with E-state index in [9.17, 15) is 24.2 Å². The van der Waals surface area contributed by atoms with Crippen molar-refractivity contribution < 1.29 is 34.1 Å². The Morgan fingerprint density at radius 2 is 1.96 bits per heavy atom. The maximum Gasteiger partial charge on any atom is 0.311 e. The van der Waals surface area contributed by atoms with Gasteiger partial charge in [-0.2, -0.15) is 0 Å². The molecule has 8 nitrogen and oxygen atoms in total. The van der Waals surface area contributed by atoms with Crippen molar-refractivity contribution >= 4 is 18.3 Å². The third-order valence-corrected chi connectivity index (χ3v) is 5.43. The Morgan fingerprint density at radius 3 is 2.56 bits per heavy atom. The van der Waals surface area contributed by atoms with Gasteiger partial charge in [0, 0.05) is 24.7 Å². The fourth-order valence-corrected chi connectivity index (χ4v) is 4.00. The summed E-state index contributed by atoms with van der Waals surface area (Å²) >= 11 is 0. The predicted octanol–water partition coefficient (Wildman–Crippen LogP) is 1.24. The Morgan fingerprint density at radius 1 is 1.30 bits per heavy atom. The van der Waals surface area contributed by atoms with Crippen LogP contribution < -0.4 is 0 Å². The molecule has 0 aromatic heterocycles. The summed E-state index contributed by atoms with van der Waals surface area (Å²) in [4.78, 5) is 36.5. The van der Waals surface area contributed by atoms with Crippen LogP contribution in [0.3, 0.4) is 0 Å². The Kier molecular flexibility index (Phi) is 6.37. The third kappa shape index (κ3) is 4.02. The highest BCUT2D eigenvalue weighted by molar-refractivity contribution is 5.95. The number of phenolic OH excluding ortho intramolecular Hbond substituents is 1. The lowest BCUT2D eigenvalue weighted by atomic mass is 9.68. The lowest BCUT2D eigenvalue weighted by Crippen LogP contribution is -2.63. The topological polar surface area (TPSA) is 118 Å². The molecule has 148 valence electrons. The molecule has 1 amide bonds. The number of carbonyl (C=O) groups is 3. The zero-order valence-electron chi connectivity index (χ0n) is 15.0. The molecule has 9 heteroatoms. The number of carboxylic acids is 1. The number of carboxylic acid groups (broad SMARTS) is 2. The maximum atomic E-state index is 13.2. The van der Waals surface area contributed by atoms with Crippen LogP contribution in [0.1, 0.15) is 29.6 Å². The highest BCUT2D eigenvalue weighted by atomic mass is 19.1. The molecule has 0 aliphatic carbocycles. The van der Waals surface area contributed by atoms with Crippen molar-refractivity contribution in [1.29, 1.82) is 0 Å². The molecule has 1 aromatic rings. The smallest absolute Gasteiger partial charge is 0.311 e. The lowest BCUT2D eigenvalue weighted by molar-refractivity contribution is -0.161. The monoisotopic (exact) mass is 382 g/mol. The normalized spacial score (nSPS) is 25.0. The molecular formula is C18H23FN2O6. The van der Waals surface area contributed by atoms with Crippen molar-refractivity contribution in [2.45, 2.75) is 25.3 Å². The van der Waals surface area contributed by atoms with Gasteiger partial charge in [0.05, 0.1) is 5.41 Å². The van der Waals surface area contributed by atoms with E-state index in [-0.39, 0.29) is 24.0 Å². The van der Waals surface area contributed by atoms with Crippen molar-refractivity contribution in [2.75, 3.05) is 26.7 Å². The number of benzene rings is 1. The molecule has 0 unspecified atom stereocenters. The molecule has 2 aliphatic heterocycles. The van der Waals surface area contributed by atoms with Gasteiger partial charge in [-0.15, -0.1) is 0 Å². The van der Waals surface area contributed by atoms with Crippen LogP contribution in [0.25, 0.3) is 0 Å². The lowest BCUT2D eigenvalue weighted by Gasteiger charge is -2.51. The molecule has 0 spiro atoms. The van der Waals surface area contributed by atoms with E-state index in [1.54, 1.807) is 4.90 Å². The van der Waals surface area contributed by atoms with Crippen molar-refractivity contribution in [2.24, 2.45) is 5.41 Å². The number of halogens is 1. The quantitative estimate of drug-likeness (QED) is 0.659. The van der Waals surface area contributed by atoms with E-state index in [1.165, 1.54) is 6.07 Å². The van der Waals surface area contributed by atoms with Gasteiger partial charge >= 0.3 is 5.97 Å². The van der Waals surface area contributed by atoms with Crippen molar-refractivity contribution in [1.82, 2.24) is 9.80 Å². The van der Waals surface area contributed by atoms with Gasteiger partial charge in [-0.05, 0) is 51.1 Å². The first kappa shape index (κ1) is 20.6. The predicted molar refractivity (Wildman–Crippen MR) is 93.0 cm³/mol. The van der Waals surface area contributed by atoms with Crippen molar-refractivity contribution in [3.8, 4) is 5.75 Å². The van der Waals surface area contributed by atoms with Gasteiger partial charge in [-0.1, -0.05) is 0 Å². The molecule has 2 aliphatic rings. The standard InChI is InChI=1S/C17H21FN2O4.CH2O2/c1-19-7-2-5-17(16(23)24)6-8-20(10-14(17)19)15(22)11-3-4-12(18)13(21)9-11;2-1-3/h3-4,9,14,21H,2,5-8,10H2,1H3,(H,23,24);1H,(H,2,3)/t14-,17+;/m1./s1. The van der Waals surface area contributed by atoms with E-state index < -0.39 is 23.0 Å². The van der Waals surface area contributed by atoms with Crippen molar-refractivity contribution in [3.05, 3.63) is 29.6 Å². The van der Waals surface area contributed by atoms with Crippen LogP contribution in [0, 0.1) is 11.2 Å². The number of phenols is 1. The minimum atomic E-state index is -0.811. The molecule has 2 saturated heterocycles. The maximum absolute atomic E-state index is 13.2. The molecule has 0 bridgehead atoms. The average molecular weight is 382 g/mol. The Labute approximate surface area is 155 Å². The minimum absolute atomic E-state index is 0.204. The van der Waals surface area contributed by atoms with Gasteiger partial charge in [-0.3, -0.25) is 14.4 Å². The molecule has 2 heterocycles. The van der Waals surface area contributed by atoms with Crippen molar-refractivity contribution in [3.63, 3.8) is 0 Å². The van der Waals surface area contributed by atoms with Gasteiger partial charge < -0.3 is 25.1 Å². The molecule has 27 heavy (non-hydrogen) atoms. The second kappa shape index (κ2) is 8.34. The number of nitrogens with zero attached hydrogens (tertiary/aromatic N) is 2. The number of hydrogen-bond donors (Lipinski definition) is 3. The Hall–Kier alpha value is -2.68. The van der Waals surface area contributed by atoms with E-state index in [0.717, 1.165) is 25.1 Å². The van der Waals surface area contributed by atoms with E-state index >= 15 is 0 Å². The molecule has 2 fully saturated rings. The number of aromatic hydroxyl groups is 1. The zero-order chi connectivity index (χ0) is 20.2. The van der Waals surface area contributed by atoms with Crippen LogP contribution in [0.4, 0.5) is 4.39 Å². The van der Waals surface area contributed by atoms with Crippen LogP contribution in [0.15, 0.2) is 18.2 Å². The highest BCUT2D eigenvalue weighted by Gasteiger charge is 2.52. The SMILES string of the molecule is CN1CCC[C@]2(C(=O)O)CCN(C(=O)c3ccc(F)c(O)c3)C[C@@H]12.O=CO. The van der Waals surface area contributed by atoms with Gasteiger partial charge in [0.1, 0.15) is 0 Å². The second-order valence-electron chi connectivity index (χ2n) is 6.83. The van der Waals surface area contributed by atoms with Gasteiger partial charge in [0.25, 0.3) is 12.4 Å². The fraction of sp³-hybridized carbons (Fsp3) is 0.500. The molecule has 1 aromatic carbocycles. The fourth-order valence-electron chi connectivity index (χ4n) is 4.00. The largest absolute Gasteiger partial charge is 0.505 e. The molecule has 0 radical (unpaired) electrons. The third-order valence-electron chi connectivity index (χ3n) is 5.43. The van der Waals surface area contributed by atoms with E-state index in [0.29, 0.717) is 25.9 Å². The summed E-state index contributed by atoms with van der Waals surface area (Å²) in [6, 6.07) is 3.26. The molecule has 3 N–H and O–H groups in total. The molecule has 2 atom stereocenters. The average Bonchev–Trinajstić information content (AvgIpc) is 2.64. The number of piperidine rings is 2. The van der Waals surface area contributed by atoms with E-state index in [2.05, 4.69) is 0 Å². The Bertz CT molecular complexity index is 728. The number of likely N-dealkylation sites (N-methyl/N-ethyl adjacent to an activating group) is 1. The minimum Gasteiger partial charge on any atom is -0.505 e. The number of likely N-dealkylation sites (tertiary alicyclic amines) is 2. The summed E-state index contributed by atoms with van der Waals surface area (Å²) in [5.74, 6) is -2.46. The summed E-state index contributed by atoms with van der Waals surface area (Å²) in [5, 5.41) is 26.1. The van der Waals surface area contributed by atoms with E-state index in [4.69, 9.17) is 9.90 Å². The number of hydrogen-bond acceptors (Lipinski definition) is 5. The second-order valence-corrected chi connectivity index (χ2v) is 6.83. The highest BCUT2D eigenvalue weighted by Crippen LogP contribution is 2.42. The van der Waals surface area contributed by atoms with Crippen LogP contribution in [0.5, 0.6) is 5.75 Å². The van der Waals surface area contributed by atoms with E-state index in [1.807, 2.05) is 11.9 Å². The van der Waals surface area contributed by atoms with Gasteiger partial charge in [0.15, 0.2) is 11.6 Å². The summed E-state index contributed by atoms with van der Waals surface area (Å²) < 4.78 is 13.2. The summed E-state index contributed by atoms with van der Waals surface area (Å²) in [6.07, 6.45) is 1.85. The number of amides is 1. The summed E-state index contributed by atoms with van der Waals surface area (Å²) in [5.41, 5.74) is -0.607. The number of aliphatic carboxylic acids is 1. The van der Waals surface area contributed by atoms with Gasteiger partial charge in [0.2, 0.25) is 0 Å². The first-order valence-electron chi connectivity index (χ1n) is 8.56. The molecule has 0 saturated carbocycles. The van der Waals surface area contributed by atoms with Crippen LogP contribution in [0.2, 0.25) is 0 Å². The van der Waals surface area contributed by atoms with Crippen LogP contribution in [-0.4, -0.2) is 76.2 Å². The number of rotatable bonds is 2. The number of carbonyl (C=O) groups excluding carboxylic acids is 1. The first-order chi connectivity index (χ1) is 12.8. The zero-order valence-corrected chi connectivity index (χ0v) is 15.0. The van der Waals surface area contributed by atoms with Crippen LogP contribution >= 0.6 is 0 Å². The number of fused-ring (bicyclic) bond motifs is 1. The molecule has 3 rings (SSSR count). The first-order valence-corrected chi connectivity index (χ1v) is 8.56. The summed E-state index contributed by atoms with van der Waals surface area (Å²) in [7, 11) is 1.89. The molecular weight excluding hydrogens is 359 g/mol. The Balaban J connectivity index is 0.000000817. The van der Waals surface area contributed by atoms with Gasteiger partial charge in [-0.25, -0.2) is 4.39 Å².